The molecular formula is C14H13FN2O2. The number of halogens is 1. The Balaban J connectivity index is 1.84. The fraction of sp³-hybridized carbons (Fsp3) is 0.286. The predicted molar refractivity (Wildman–Crippen MR) is 65.8 cm³/mol. The zero-order chi connectivity index (χ0) is 13.2. The number of rotatable bonds is 4. The SMILES string of the molecule is O=C(c1cccnc1F)N(Cc1ccco1)C1CC1. The second-order valence-electron chi connectivity index (χ2n) is 4.59. The smallest absolute Gasteiger partial charge is 0.259 e. The van der Waals surface area contributed by atoms with Crippen LogP contribution < -0.4 is 0 Å². The Hall–Kier alpha value is -2.17. The monoisotopic (exact) mass is 260 g/mol. The zero-order valence-electron chi connectivity index (χ0n) is 10.3. The highest BCUT2D eigenvalue weighted by Crippen LogP contribution is 2.30. The van der Waals surface area contributed by atoms with Crippen LogP contribution in [0.25, 0.3) is 0 Å². The van der Waals surface area contributed by atoms with Crippen LogP contribution in [-0.4, -0.2) is 21.8 Å². The molecule has 0 saturated heterocycles. The third-order valence-electron chi connectivity index (χ3n) is 3.14. The van der Waals surface area contributed by atoms with Gasteiger partial charge in [0.05, 0.1) is 18.4 Å². The molecule has 0 radical (unpaired) electrons. The number of amides is 1. The first-order valence-corrected chi connectivity index (χ1v) is 6.19. The van der Waals surface area contributed by atoms with Gasteiger partial charge < -0.3 is 9.32 Å². The Labute approximate surface area is 109 Å². The van der Waals surface area contributed by atoms with Crippen molar-refractivity contribution in [2.75, 3.05) is 0 Å². The van der Waals surface area contributed by atoms with Gasteiger partial charge in [-0.15, -0.1) is 0 Å². The molecule has 2 heterocycles. The van der Waals surface area contributed by atoms with Gasteiger partial charge in [-0.25, -0.2) is 4.98 Å². The van der Waals surface area contributed by atoms with Crippen molar-refractivity contribution in [3.05, 3.63) is 54.0 Å². The molecule has 0 aromatic carbocycles. The van der Waals surface area contributed by atoms with Crippen LogP contribution in [0, 0.1) is 5.95 Å². The van der Waals surface area contributed by atoms with Crippen molar-refractivity contribution in [3.8, 4) is 0 Å². The van der Waals surface area contributed by atoms with E-state index in [1.807, 2.05) is 6.07 Å². The van der Waals surface area contributed by atoms with E-state index >= 15 is 0 Å². The maximum atomic E-state index is 13.6. The quantitative estimate of drug-likeness (QED) is 0.794. The molecule has 98 valence electrons. The Morgan fingerprint density at radius 2 is 2.26 bits per heavy atom. The van der Waals surface area contributed by atoms with E-state index < -0.39 is 5.95 Å². The molecule has 0 unspecified atom stereocenters. The number of nitrogens with zero attached hydrogens (tertiary/aromatic N) is 2. The lowest BCUT2D eigenvalue weighted by atomic mass is 10.2. The first kappa shape index (κ1) is 11.9. The Morgan fingerprint density at radius 3 is 2.89 bits per heavy atom. The van der Waals surface area contributed by atoms with Gasteiger partial charge in [0.1, 0.15) is 5.76 Å². The third kappa shape index (κ3) is 2.50. The first-order chi connectivity index (χ1) is 9.25. The Morgan fingerprint density at radius 1 is 1.42 bits per heavy atom. The molecule has 5 heteroatoms. The van der Waals surface area contributed by atoms with Gasteiger partial charge in [-0.05, 0) is 37.1 Å². The van der Waals surface area contributed by atoms with Crippen LogP contribution in [0.2, 0.25) is 0 Å². The summed E-state index contributed by atoms with van der Waals surface area (Å²) in [4.78, 5) is 17.6. The maximum Gasteiger partial charge on any atom is 0.259 e. The summed E-state index contributed by atoms with van der Waals surface area (Å²) in [7, 11) is 0. The lowest BCUT2D eigenvalue weighted by molar-refractivity contribution is 0.0711. The second kappa shape index (κ2) is 4.84. The van der Waals surface area contributed by atoms with E-state index in [0.717, 1.165) is 12.8 Å². The van der Waals surface area contributed by atoms with Gasteiger partial charge >= 0.3 is 0 Å². The van der Waals surface area contributed by atoms with Crippen LogP contribution in [0.3, 0.4) is 0 Å². The molecule has 3 rings (SSSR count). The van der Waals surface area contributed by atoms with Crippen LogP contribution in [0.4, 0.5) is 4.39 Å². The van der Waals surface area contributed by atoms with Crippen LogP contribution in [0.5, 0.6) is 0 Å². The predicted octanol–water partition coefficient (Wildman–Crippen LogP) is 2.62. The van der Waals surface area contributed by atoms with Crippen molar-refractivity contribution in [1.29, 1.82) is 0 Å². The lowest BCUT2D eigenvalue weighted by Gasteiger charge is -2.21. The average Bonchev–Trinajstić information content (AvgIpc) is 3.13. The summed E-state index contributed by atoms with van der Waals surface area (Å²) in [5.74, 6) is -0.355. The molecule has 0 bridgehead atoms. The highest BCUT2D eigenvalue weighted by Gasteiger charge is 2.34. The van der Waals surface area contributed by atoms with Crippen molar-refractivity contribution in [2.45, 2.75) is 25.4 Å². The number of carbonyl (C=O) groups is 1. The van der Waals surface area contributed by atoms with Crippen molar-refractivity contribution >= 4 is 5.91 Å². The fourth-order valence-corrected chi connectivity index (χ4v) is 2.02. The standard InChI is InChI=1S/C14H13FN2O2/c15-13-12(4-1-7-16-13)14(18)17(10-5-6-10)9-11-3-2-8-19-11/h1-4,7-8,10H,5-6,9H2. The fourth-order valence-electron chi connectivity index (χ4n) is 2.02. The minimum Gasteiger partial charge on any atom is -0.467 e. The Bertz CT molecular complexity index is 579. The molecule has 1 fully saturated rings. The summed E-state index contributed by atoms with van der Waals surface area (Å²) in [5, 5.41) is 0. The number of carbonyl (C=O) groups excluding carboxylic acids is 1. The molecule has 0 aliphatic heterocycles. The second-order valence-corrected chi connectivity index (χ2v) is 4.59. The van der Waals surface area contributed by atoms with Gasteiger partial charge in [-0.3, -0.25) is 4.79 Å². The largest absolute Gasteiger partial charge is 0.467 e. The van der Waals surface area contributed by atoms with Gasteiger partial charge in [-0.1, -0.05) is 0 Å². The summed E-state index contributed by atoms with van der Waals surface area (Å²) < 4.78 is 18.8. The molecule has 1 saturated carbocycles. The highest BCUT2D eigenvalue weighted by molar-refractivity contribution is 5.94. The van der Waals surface area contributed by atoms with E-state index in [1.54, 1.807) is 23.3 Å². The van der Waals surface area contributed by atoms with Gasteiger partial charge in [0.15, 0.2) is 0 Å². The summed E-state index contributed by atoms with van der Waals surface area (Å²) in [6.07, 6.45) is 4.80. The molecule has 0 spiro atoms. The minimum absolute atomic E-state index is 0.0148. The van der Waals surface area contributed by atoms with E-state index in [9.17, 15) is 9.18 Å². The Kier molecular flexibility index (Phi) is 3.03. The summed E-state index contributed by atoms with van der Waals surface area (Å²) in [6.45, 7) is 0.366. The average molecular weight is 260 g/mol. The number of furan rings is 1. The molecule has 1 amide bonds. The van der Waals surface area contributed by atoms with Crippen molar-refractivity contribution in [1.82, 2.24) is 9.88 Å². The van der Waals surface area contributed by atoms with E-state index in [4.69, 9.17) is 4.42 Å². The molecule has 1 aliphatic carbocycles. The molecular weight excluding hydrogens is 247 g/mol. The number of aromatic nitrogens is 1. The maximum absolute atomic E-state index is 13.6. The topological polar surface area (TPSA) is 46.3 Å². The number of hydrogen-bond acceptors (Lipinski definition) is 3. The lowest BCUT2D eigenvalue weighted by Crippen LogP contribution is -2.33. The van der Waals surface area contributed by atoms with Crippen LogP contribution in [0.1, 0.15) is 29.0 Å². The van der Waals surface area contributed by atoms with Gasteiger partial charge in [0.2, 0.25) is 5.95 Å². The van der Waals surface area contributed by atoms with Crippen molar-refractivity contribution < 1.29 is 13.6 Å². The van der Waals surface area contributed by atoms with Gasteiger partial charge in [0, 0.05) is 12.2 Å². The summed E-state index contributed by atoms with van der Waals surface area (Å²) in [5.41, 5.74) is 0.0148. The summed E-state index contributed by atoms with van der Waals surface area (Å²) >= 11 is 0. The van der Waals surface area contributed by atoms with Crippen LogP contribution >= 0.6 is 0 Å². The number of pyridine rings is 1. The van der Waals surface area contributed by atoms with E-state index in [2.05, 4.69) is 4.98 Å². The molecule has 2 aromatic heterocycles. The van der Waals surface area contributed by atoms with Crippen LogP contribution in [-0.2, 0) is 6.54 Å². The van der Waals surface area contributed by atoms with Crippen LogP contribution in [0.15, 0.2) is 41.1 Å². The van der Waals surface area contributed by atoms with Gasteiger partial charge in [0.25, 0.3) is 5.91 Å². The number of hydrogen-bond donors (Lipinski definition) is 0. The zero-order valence-corrected chi connectivity index (χ0v) is 10.3. The molecule has 4 nitrogen and oxygen atoms in total. The third-order valence-corrected chi connectivity index (χ3v) is 3.14. The minimum atomic E-state index is -0.724. The highest BCUT2D eigenvalue weighted by atomic mass is 19.1. The molecule has 0 atom stereocenters. The van der Waals surface area contributed by atoms with Gasteiger partial charge in [-0.2, -0.15) is 4.39 Å². The first-order valence-electron chi connectivity index (χ1n) is 6.19. The van der Waals surface area contributed by atoms with Crippen molar-refractivity contribution in [2.24, 2.45) is 0 Å². The molecule has 2 aromatic rings. The molecule has 0 N–H and O–H groups in total. The van der Waals surface area contributed by atoms with E-state index in [-0.39, 0.29) is 17.5 Å². The van der Waals surface area contributed by atoms with E-state index in [1.165, 1.54) is 12.3 Å². The normalized spacial score (nSPS) is 14.4. The van der Waals surface area contributed by atoms with Crippen molar-refractivity contribution in [3.63, 3.8) is 0 Å². The molecule has 1 aliphatic rings. The molecule has 19 heavy (non-hydrogen) atoms. The van der Waals surface area contributed by atoms with E-state index in [0.29, 0.717) is 12.3 Å². The summed E-state index contributed by atoms with van der Waals surface area (Å²) in [6, 6.07) is 6.78.